The molecule has 0 saturated carbocycles. The van der Waals surface area contributed by atoms with Gasteiger partial charge >= 0.3 is 89.5 Å². The van der Waals surface area contributed by atoms with Crippen LogP contribution in [0.5, 0.6) is 0 Å². The first-order valence-electron chi connectivity index (χ1n) is 6.06. The van der Waals surface area contributed by atoms with Crippen LogP contribution >= 0.6 is 0 Å². The number of hydrogen-bond donors (Lipinski definition) is 0. The van der Waals surface area contributed by atoms with E-state index in [1.54, 1.807) is 8.87 Å². The summed E-state index contributed by atoms with van der Waals surface area (Å²) < 4.78 is 4.30. The van der Waals surface area contributed by atoms with Crippen LogP contribution in [0, 0.1) is 0 Å². The molecule has 0 aliphatic rings. The van der Waals surface area contributed by atoms with Crippen LogP contribution in [0.15, 0.2) is 0 Å². The quantitative estimate of drug-likeness (QED) is 0.574. The second kappa shape index (κ2) is 7.14. The Bertz CT molecular complexity index is 110. The van der Waals surface area contributed by atoms with Crippen LogP contribution in [0.4, 0.5) is 0 Å². The molecule has 0 aliphatic heterocycles. The molecule has 0 atom stereocenters. The molecule has 0 amide bonds. The molecule has 0 fully saturated rings. The van der Waals surface area contributed by atoms with E-state index in [-0.39, 0.29) is 0 Å². The molecule has 0 saturated heterocycles. The maximum atomic E-state index is 2.69. The molecule has 0 heterocycles. The van der Waals surface area contributed by atoms with E-state index in [0.29, 0.717) is 0 Å². The van der Waals surface area contributed by atoms with Gasteiger partial charge in [0.1, 0.15) is 0 Å². The number of unbranched alkanes of at least 4 members (excludes halogenated alkanes) is 2. The summed E-state index contributed by atoms with van der Waals surface area (Å²) in [5, 5.41) is 0. The maximum absolute atomic E-state index is 2.69. The molecule has 0 aromatic carbocycles. The van der Waals surface area contributed by atoms with E-state index in [1.165, 1.54) is 25.7 Å². The monoisotopic (exact) mass is 292 g/mol. The second-order valence-electron chi connectivity index (χ2n) is 5.02. The molecule has 1 heteroatoms. The van der Waals surface area contributed by atoms with Crippen molar-refractivity contribution in [3.63, 3.8) is 0 Å². The molecule has 0 aromatic heterocycles. The molecule has 0 aliphatic carbocycles. The third-order valence-corrected chi connectivity index (χ3v) is 20.1. The Morgan fingerprint density at radius 2 is 1.31 bits per heavy atom. The van der Waals surface area contributed by atoms with Crippen LogP contribution in [0.2, 0.25) is 17.7 Å². The van der Waals surface area contributed by atoms with Gasteiger partial charge in [0.15, 0.2) is 0 Å². The van der Waals surface area contributed by atoms with E-state index in [2.05, 4.69) is 32.6 Å². The van der Waals surface area contributed by atoms with Crippen LogP contribution in [-0.4, -0.2) is 18.4 Å². The average molecular weight is 291 g/mol. The fraction of sp³-hybridized carbons (Fsp3) is 1.00. The Hall–Kier alpha value is 0.799. The summed E-state index contributed by atoms with van der Waals surface area (Å²) in [6.45, 7) is 9.60. The van der Waals surface area contributed by atoms with Gasteiger partial charge in [-0.05, 0) is 0 Å². The van der Waals surface area contributed by atoms with Crippen LogP contribution in [0.1, 0.15) is 53.4 Å². The van der Waals surface area contributed by atoms with Crippen LogP contribution in [-0.2, 0) is 0 Å². The van der Waals surface area contributed by atoms with Crippen molar-refractivity contribution >= 4 is 18.4 Å². The van der Waals surface area contributed by atoms with Gasteiger partial charge in [0, 0.05) is 0 Å². The molecule has 80 valence electrons. The van der Waals surface area contributed by atoms with Crippen molar-refractivity contribution in [3.8, 4) is 0 Å². The van der Waals surface area contributed by atoms with E-state index in [9.17, 15) is 0 Å². The first-order valence-corrected chi connectivity index (χ1v) is 14.6. The van der Waals surface area contributed by atoms with Gasteiger partial charge in [-0.1, -0.05) is 0 Å². The summed E-state index contributed by atoms with van der Waals surface area (Å²) in [6.07, 6.45) is 5.78. The summed E-state index contributed by atoms with van der Waals surface area (Å²) in [6, 6.07) is 0. The first kappa shape index (κ1) is 13.8. The molecule has 13 heavy (non-hydrogen) atoms. The minimum atomic E-state index is -1.62. The Labute approximate surface area is 89.4 Å². The van der Waals surface area contributed by atoms with Gasteiger partial charge in [-0.3, -0.25) is 0 Å². The molecule has 0 N–H and O–H groups in total. The van der Waals surface area contributed by atoms with Gasteiger partial charge in [-0.15, -0.1) is 0 Å². The van der Waals surface area contributed by atoms with E-state index in [1.807, 2.05) is 0 Å². The Morgan fingerprint density at radius 1 is 0.923 bits per heavy atom. The minimum absolute atomic E-state index is 1.05. The summed E-state index contributed by atoms with van der Waals surface area (Å²) in [5.74, 6) is 0. The zero-order chi connectivity index (χ0) is 10.3. The third kappa shape index (κ3) is 5.29. The zero-order valence-corrected chi connectivity index (χ0v) is 13.2. The van der Waals surface area contributed by atoms with Crippen LogP contribution < -0.4 is 0 Å². The standard InChI is InChI=1S/2C4H9.C3H7.CH3.Sn/c2*1-3-4-2;1-3-2;;/h2*1,3-4H2,2H3;3H,1-2H3;1H3;. The van der Waals surface area contributed by atoms with Crippen molar-refractivity contribution in [2.45, 2.75) is 71.1 Å². The Kier molecular flexibility index (Phi) is 7.58. The van der Waals surface area contributed by atoms with Crippen molar-refractivity contribution < 1.29 is 0 Å². The summed E-state index contributed by atoms with van der Waals surface area (Å²) in [4.78, 5) is 2.69. The van der Waals surface area contributed by atoms with Gasteiger partial charge in [0.2, 0.25) is 0 Å². The fourth-order valence-electron chi connectivity index (χ4n) is 1.86. The van der Waals surface area contributed by atoms with E-state index in [0.717, 1.165) is 3.93 Å². The van der Waals surface area contributed by atoms with Crippen molar-refractivity contribution in [1.82, 2.24) is 0 Å². The van der Waals surface area contributed by atoms with E-state index in [4.69, 9.17) is 0 Å². The summed E-state index contributed by atoms with van der Waals surface area (Å²) in [5.41, 5.74) is 0. The average Bonchev–Trinajstić information content (AvgIpc) is 2.11. The molecule has 0 unspecified atom stereocenters. The van der Waals surface area contributed by atoms with Gasteiger partial charge in [0.25, 0.3) is 0 Å². The van der Waals surface area contributed by atoms with Gasteiger partial charge < -0.3 is 0 Å². The van der Waals surface area contributed by atoms with Crippen molar-refractivity contribution in [1.29, 1.82) is 0 Å². The molecular formula is C12H28Sn. The van der Waals surface area contributed by atoms with Gasteiger partial charge in [-0.25, -0.2) is 0 Å². The first-order chi connectivity index (χ1) is 6.06. The normalized spacial score (nSPS) is 12.5. The molecule has 0 aromatic rings. The van der Waals surface area contributed by atoms with Gasteiger partial charge in [0.05, 0.1) is 0 Å². The molecule has 0 rings (SSSR count). The molecule has 0 nitrogen and oxygen atoms in total. The predicted molar refractivity (Wildman–Crippen MR) is 66.1 cm³/mol. The fourth-order valence-corrected chi connectivity index (χ4v) is 12.5. The topological polar surface area (TPSA) is 0 Å². The van der Waals surface area contributed by atoms with Crippen molar-refractivity contribution in [2.24, 2.45) is 0 Å². The van der Waals surface area contributed by atoms with Crippen molar-refractivity contribution in [3.05, 3.63) is 0 Å². The van der Waals surface area contributed by atoms with Crippen LogP contribution in [0.3, 0.4) is 0 Å². The molecular weight excluding hydrogens is 263 g/mol. The summed E-state index contributed by atoms with van der Waals surface area (Å²) >= 11 is -1.62. The third-order valence-electron chi connectivity index (χ3n) is 3.60. The predicted octanol–water partition coefficient (Wildman–Crippen LogP) is 5.08. The van der Waals surface area contributed by atoms with E-state index >= 15 is 0 Å². The van der Waals surface area contributed by atoms with Crippen LogP contribution in [0.25, 0.3) is 0 Å². The number of rotatable bonds is 7. The van der Waals surface area contributed by atoms with Gasteiger partial charge in [-0.2, -0.15) is 0 Å². The summed E-state index contributed by atoms with van der Waals surface area (Å²) in [7, 11) is 0. The second-order valence-corrected chi connectivity index (χ2v) is 20.6. The zero-order valence-electron chi connectivity index (χ0n) is 10.3. The van der Waals surface area contributed by atoms with E-state index < -0.39 is 18.4 Å². The Morgan fingerprint density at radius 3 is 1.54 bits per heavy atom. The number of hydrogen-bond acceptors (Lipinski definition) is 0. The SMILES string of the molecule is CCC[CH2][Sn]([CH3])([CH2]CCC)[CH](C)C. The Balaban J connectivity index is 4.00. The molecule has 0 bridgehead atoms. The molecule has 0 spiro atoms. The molecule has 0 radical (unpaired) electrons. The van der Waals surface area contributed by atoms with Crippen molar-refractivity contribution in [2.75, 3.05) is 0 Å².